The maximum atomic E-state index is 13.2. The molecule has 3 nitrogen and oxygen atoms in total. The lowest BCUT2D eigenvalue weighted by Crippen LogP contribution is -2.27. The molecule has 0 bridgehead atoms. The summed E-state index contributed by atoms with van der Waals surface area (Å²) in [6.07, 6.45) is 4.98. The Morgan fingerprint density at radius 1 is 1.07 bits per heavy atom. The number of aryl methyl sites for hydroxylation is 1. The first-order valence-corrected chi connectivity index (χ1v) is 10.3. The van der Waals surface area contributed by atoms with Gasteiger partial charge in [0.1, 0.15) is 0 Å². The molecular formula is C25H24FN3. The Labute approximate surface area is 170 Å². The third-order valence-electron chi connectivity index (χ3n) is 6.02. The van der Waals surface area contributed by atoms with Crippen LogP contribution in [-0.4, -0.2) is 9.97 Å². The van der Waals surface area contributed by atoms with Gasteiger partial charge in [-0.1, -0.05) is 36.4 Å². The zero-order valence-electron chi connectivity index (χ0n) is 16.5. The van der Waals surface area contributed by atoms with Crippen molar-refractivity contribution in [1.82, 2.24) is 15.3 Å². The number of rotatable bonds is 4. The summed E-state index contributed by atoms with van der Waals surface area (Å²) in [6.45, 7) is 2.23. The molecule has 2 aromatic heterocycles. The number of nitrogens with zero attached hydrogens (tertiary/aromatic N) is 1. The molecule has 2 atom stereocenters. The zero-order chi connectivity index (χ0) is 19.8. The lowest BCUT2D eigenvalue weighted by molar-refractivity contribution is 0.410. The van der Waals surface area contributed by atoms with Crippen molar-refractivity contribution >= 4 is 10.9 Å². The number of nitrogens with one attached hydrogen (secondary N) is 2. The summed E-state index contributed by atoms with van der Waals surface area (Å²) >= 11 is 0. The molecule has 0 amide bonds. The van der Waals surface area contributed by atoms with E-state index in [2.05, 4.69) is 70.7 Å². The van der Waals surface area contributed by atoms with E-state index < -0.39 is 5.95 Å². The zero-order valence-corrected chi connectivity index (χ0v) is 16.5. The molecule has 1 aliphatic rings. The fourth-order valence-corrected chi connectivity index (χ4v) is 4.50. The number of benzene rings is 2. The van der Waals surface area contributed by atoms with E-state index in [0.717, 1.165) is 29.5 Å². The lowest BCUT2D eigenvalue weighted by atomic mass is 9.90. The molecule has 5 rings (SSSR count). The molecule has 0 radical (unpaired) electrons. The van der Waals surface area contributed by atoms with Crippen LogP contribution in [0.1, 0.15) is 48.7 Å². The molecule has 2 unspecified atom stereocenters. The van der Waals surface area contributed by atoms with Gasteiger partial charge in [-0.3, -0.25) is 0 Å². The molecule has 0 saturated heterocycles. The van der Waals surface area contributed by atoms with Crippen LogP contribution >= 0.6 is 0 Å². The van der Waals surface area contributed by atoms with Crippen LogP contribution in [0.4, 0.5) is 4.39 Å². The van der Waals surface area contributed by atoms with Gasteiger partial charge < -0.3 is 10.3 Å². The molecule has 4 heteroatoms. The van der Waals surface area contributed by atoms with E-state index in [-0.39, 0.29) is 0 Å². The van der Waals surface area contributed by atoms with E-state index >= 15 is 0 Å². The monoisotopic (exact) mass is 385 g/mol. The van der Waals surface area contributed by atoms with Crippen molar-refractivity contribution in [1.29, 1.82) is 0 Å². The van der Waals surface area contributed by atoms with E-state index in [0.29, 0.717) is 12.1 Å². The summed E-state index contributed by atoms with van der Waals surface area (Å²) in [4.78, 5) is 7.47. The minimum atomic E-state index is -0.449. The van der Waals surface area contributed by atoms with Crippen molar-refractivity contribution in [3.8, 4) is 11.1 Å². The minimum absolute atomic E-state index is 0.291. The molecule has 2 N–H and O–H groups in total. The van der Waals surface area contributed by atoms with Crippen molar-refractivity contribution in [2.45, 2.75) is 38.3 Å². The van der Waals surface area contributed by atoms with Crippen LogP contribution < -0.4 is 5.32 Å². The van der Waals surface area contributed by atoms with Crippen molar-refractivity contribution in [3.05, 3.63) is 89.6 Å². The molecular weight excluding hydrogens is 361 g/mol. The summed E-state index contributed by atoms with van der Waals surface area (Å²) in [5.74, 6) is -0.449. The standard InChI is InChI=1S/C25H24FN3/c1-16(17-6-3-2-4-7-17)28-23-9-5-8-20-21-14-18(10-12-22(21)29-25(20)23)19-11-13-24(26)27-15-19/h2-4,6-7,10-16,23,28-29H,5,8-9H2,1H3. The fourth-order valence-electron chi connectivity index (χ4n) is 4.50. The highest BCUT2D eigenvalue weighted by atomic mass is 19.1. The maximum Gasteiger partial charge on any atom is 0.212 e. The molecule has 2 aromatic carbocycles. The lowest BCUT2D eigenvalue weighted by Gasteiger charge is -2.27. The summed E-state index contributed by atoms with van der Waals surface area (Å²) in [7, 11) is 0. The molecule has 0 saturated carbocycles. The van der Waals surface area contributed by atoms with Gasteiger partial charge in [-0.15, -0.1) is 0 Å². The second-order valence-corrected chi connectivity index (χ2v) is 7.89. The predicted octanol–water partition coefficient (Wildman–Crippen LogP) is 6.10. The molecule has 29 heavy (non-hydrogen) atoms. The van der Waals surface area contributed by atoms with Crippen LogP contribution in [-0.2, 0) is 6.42 Å². The summed E-state index contributed by atoms with van der Waals surface area (Å²) in [6, 6.07) is 20.8. The number of pyridine rings is 1. The maximum absolute atomic E-state index is 13.2. The van der Waals surface area contributed by atoms with E-state index in [9.17, 15) is 4.39 Å². The van der Waals surface area contributed by atoms with Gasteiger partial charge in [0.05, 0.1) is 0 Å². The molecule has 0 spiro atoms. The first-order chi connectivity index (χ1) is 14.2. The van der Waals surface area contributed by atoms with Crippen molar-refractivity contribution in [2.24, 2.45) is 0 Å². The van der Waals surface area contributed by atoms with Crippen molar-refractivity contribution in [3.63, 3.8) is 0 Å². The average molecular weight is 385 g/mol. The van der Waals surface area contributed by atoms with Crippen molar-refractivity contribution in [2.75, 3.05) is 0 Å². The van der Waals surface area contributed by atoms with Gasteiger partial charge in [-0.2, -0.15) is 4.39 Å². The van der Waals surface area contributed by atoms with Crippen LogP contribution in [0.5, 0.6) is 0 Å². The quantitative estimate of drug-likeness (QED) is 0.417. The molecule has 146 valence electrons. The number of H-pyrrole nitrogens is 1. The second kappa shape index (κ2) is 7.45. The third kappa shape index (κ3) is 3.45. The minimum Gasteiger partial charge on any atom is -0.357 e. The SMILES string of the molecule is CC(NC1CCCc2c1[nH]c1ccc(-c3ccc(F)nc3)cc21)c1ccccc1. The molecule has 4 aromatic rings. The van der Waals surface area contributed by atoms with Gasteiger partial charge in [0.15, 0.2) is 0 Å². The Morgan fingerprint density at radius 3 is 2.69 bits per heavy atom. The van der Waals surface area contributed by atoms with E-state index in [1.165, 1.54) is 34.7 Å². The molecule has 0 fully saturated rings. The fraction of sp³-hybridized carbons (Fsp3) is 0.240. The van der Waals surface area contributed by atoms with Crippen LogP contribution in [0.3, 0.4) is 0 Å². The van der Waals surface area contributed by atoms with Crippen LogP contribution in [0, 0.1) is 5.95 Å². The number of halogens is 1. The van der Waals surface area contributed by atoms with E-state index in [4.69, 9.17) is 0 Å². The Hall–Kier alpha value is -2.98. The van der Waals surface area contributed by atoms with E-state index in [1.807, 2.05) is 0 Å². The summed E-state index contributed by atoms with van der Waals surface area (Å²) < 4.78 is 13.2. The Balaban J connectivity index is 1.49. The highest BCUT2D eigenvalue weighted by Gasteiger charge is 2.25. The Bertz CT molecular complexity index is 1130. The molecule has 2 heterocycles. The van der Waals surface area contributed by atoms with Gasteiger partial charge in [-0.05, 0) is 67.1 Å². The van der Waals surface area contributed by atoms with Crippen LogP contribution in [0.25, 0.3) is 22.0 Å². The first kappa shape index (κ1) is 18.1. The number of aromatic nitrogens is 2. The summed E-state index contributed by atoms with van der Waals surface area (Å²) in [5.41, 5.74) is 7.19. The summed E-state index contributed by atoms with van der Waals surface area (Å²) in [5, 5.41) is 5.09. The highest BCUT2D eigenvalue weighted by Crippen LogP contribution is 2.37. The molecule has 1 aliphatic carbocycles. The number of fused-ring (bicyclic) bond motifs is 3. The number of aromatic amines is 1. The van der Waals surface area contributed by atoms with E-state index in [1.54, 1.807) is 12.3 Å². The van der Waals surface area contributed by atoms with Gasteiger partial charge in [0.2, 0.25) is 5.95 Å². The molecule has 0 aliphatic heterocycles. The second-order valence-electron chi connectivity index (χ2n) is 7.89. The number of hydrogen-bond donors (Lipinski definition) is 2. The van der Waals surface area contributed by atoms with Gasteiger partial charge >= 0.3 is 0 Å². The van der Waals surface area contributed by atoms with Gasteiger partial charge in [0, 0.05) is 40.4 Å². The normalized spacial score (nSPS) is 17.2. The first-order valence-electron chi connectivity index (χ1n) is 10.3. The van der Waals surface area contributed by atoms with Gasteiger partial charge in [-0.25, -0.2) is 4.98 Å². The van der Waals surface area contributed by atoms with Gasteiger partial charge in [0.25, 0.3) is 0 Å². The van der Waals surface area contributed by atoms with Crippen LogP contribution in [0.2, 0.25) is 0 Å². The average Bonchev–Trinajstić information content (AvgIpc) is 3.14. The Morgan fingerprint density at radius 2 is 1.90 bits per heavy atom. The topological polar surface area (TPSA) is 40.7 Å². The Kier molecular flexibility index (Phi) is 4.64. The highest BCUT2D eigenvalue weighted by molar-refractivity contribution is 5.89. The van der Waals surface area contributed by atoms with Crippen LogP contribution in [0.15, 0.2) is 66.9 Å². The number of hydrogen-bond acceptors (Lipinski definition) is 2. The smallest absolute Gasteiger partial charge is 0.212 e. The third-order valence-corrected chi connectivity index (χ3v) is 6.02. The predicted molar refractivity (Wildman–Crippen MR) is 115 cm³/mol. The van der Waals surface area contributed by atoms with Crippen molar-refractivity contribution < 1.29 is 4.39 Å². The largest absolute Gasteiger partial charge is 0.357 e.